The summed E-state index contributed by atoms with van der Waals surface area (Å²) in [6, 6.07) is 10.1. The van der Waals surface area contributed by atoms with E-state index in [9.17, 15) is 9.18 Å². The van der Waals surface area contributed by atoms with Crippen LogP contribution in [0.3, 0.4) is 0 Å². The van der Waals surface area contributed by atoms with E-state index in [0.29, 0.717) is 43.1 Å². The number of benzene rings is 1. The highest BCUT2D eigenvalue weighted by molar-refractivity contribution is 5.97. The van der Waals surface area contributed by atoms with E-state index in [1.54, 1.807) is 41.5 Å². The Hall–Kier alpha value is -2.60. The number of furan rings is 1. The van der Waals surface area contributed by atoms with Gasteiger partial charge in [0.25, 0.3) is 5.91 Å². The largest absolute Gasteiger partial charge is 0.463 e. The summed E-state index contributed by atoms with van der Waals surface area (Å²) < 4.78 is 26.6. The number of nitrogens with zero attached hydrogens (tertiary/aromatic N) is 2. The Morgan fingerprint density at radius 2 is 1.96 bits per heavy atom. The number of halogens is 1. The van der Waals surface area contributed by atoms with Gasteiger partial charge in [-0.1, -0.05) is 18.2 Å². The Labute approximate surface area is 138 Å². The first-order valence-electron chi connectivity index (χ1n) is 7.91. The lowest BCUT2D eigenvalue weighted by Gasteiger charge is -2.27. The average molecular weight is 328 g/mol. The highest BCUT2D eigenvalue weighted by atomic mass is 19.1. The molecule has 0 spiro atoms. The second kappa shape index (κ2) is 6.13. The number of hydrogen-bond acceptors (Lipinski definition) is 3. The molecule has 0 aliphatic carbocycles. The van der Waals surface area contributed by atoms with Crippen LogP contribution in [0.25, 0.3) is 11.1 Å². The minimum Gasteiger partial charge on any atom is -0.463 e. The van der Waals surface area contributed by atoms with Crippen molar-refractivity contribution in [1.82, 2.24) is 9.47 Å². The maximum atomic E-state index is 14.0. The molecule has 0 radical (unpaired) electrons. The van der Waals surface area contributed by atoms with Crippen molar-refractivity contribution in [1.29, 1.82) is 0 Å². The van der Waals surface area contributed by atoms with Crippen LogP contribution in [-0.2, 0) is 11.3 Å². The second-order valence-electron chi connectivity index (χ2n) is 5.78. The van der Waals surface area contributed by atoms with Crippen LogP contribution in [-0.4, -0.2) is 41.7 Å². The first-order chi connectivity index (χ1) is 11.7. The predicted molar refractivity (Wildman–Crippen MR) is 86.4 cm³/mol. The third-order valence-electron chi connectivity index (χ3n) is 4.33. The zero-order valence-corrected chi connectivity index (χ0v) is 13.1. The molecule has 124 valence electrons. The summed E-state index contributed by atoms with van der Waals surface area (Å²) in [4.78, 5) is 14.6. The van der Waals surface area contributed by atoms with Crippen LogP contribution >= 0.6 is 0 Å². The quantitative estimate of drug-likeness (QED) is 0.743. The zero-order chi connectivity index (χ0) is 16.5. The van der Waals surface area contributed by atoms with Crippen molar-refractivity contribution in [2.45, 2.75) is 6.54 Å². The standard InChI is InChI=1S/C18H17FN2O3/c19-14-4-2-1-3-13(14)12-21-15-5-8-24-17(15)11-16(21)18(22)20-6-9-23-10-7-20/h1-5,8,11H,6-7,9-10,12H2. The van der Waals surface area contributed by atoms with Crippen LogP contribution in [0.15, 0.2) is 47.1 Å². The maximum Gasteiger partial charge on any atom is 0.270 e. The summed E-state index contributed by atoms with van der Waals surface area (Å²) in [5, 5.41) is 0. The van der Waals surface area contributed by atoms with Gasteiger partial charge in [-0.25, -0.2) is 4.39 Å². The fourth-order valence-electron chi connectivity index (χ4n) is 3.05. The van der Waals surface area contributed by atoms with Gasteiger partial charge in [0.2, 0.25) is 0 Å². The van der Waals surface area contributed by atoms with Crippen molar-refractivity contribution in [3.8, 4) is 0 Å². The molecule has 2 aromatic heterocycles. The minimum absolute atomic E-state index is 0.0824. The summed E-state index contributed by atoms with van der Waals surface area (Å²) in [7, 11) is 0. The molecule has 1 amide bonds. The first-order valence-corrected chi connectivity index (χ1v) is 7.91. The molecule has 4 rings (SSSR count). The topological polar surface area (TPSA) is 47.6 Å². The summed E-state index contributed by atoms with van der Waals surface area (Å²) >= 11 is 0. The number of hydrogen-bond donors (Lipinski definition) is 0. The number of ether oxygens (including phenoxy) is 1. The zero-order valence-electron chi connectivity index (χ0n) is 13.1. The molecule has 1 aromatic carbocycles. The Balaban J connectivity index is 1.74. The van der Waals surface area contributed by atoms with Crippen LogP contribution in [0.2, 0.25) is 0 Å². The molecule has 0 N–H and O–H groups in total. The van der Waals surface area contributed by atoms with Gasteiger partial charge in [-0.15, -0.1) is 0 Å². The van der Waals surface area contributed by atoms with E-state index in [-0.39, 0.29) is 18.3 Å². The average Bonchev–Trinajstić information content (AvgIpc) is 3.19. The lowest BCUT2D eigenvalue weighted by Crippen LogP contribution is -2.41. The van der Waals surface area contributed by atoms with E-state index in [1.165, 1.54) is 6.07 Å². The van der Waals surface area contributed by atoms with Gasteiger partial charge in [-0.2, -0.15) is 0 Å². The van der Waals surface area contributed by atoms with E-state index >= 15 is 0 Å². The summed E-state index contributed by atoms with van der Waals surface area (Å²) in [5.41, 5.74) is 2.46. The van der Waals surface area contributed by atoms with Gasteiger partial charge in [0.1, 0.15) is 11.5 Å². The van der Waals surface area contributed by atoms with Crippen molar-refractivity contribution >= 4 is 17.0 Å². The van der Waals surface area contributed by atoms with Gasteiger partial charge < -0.3 is 18.6 Å². The van der Waals surface area contributed by atoms with Gasteiger partial charge in [-0.3, -0.25) is 4.79 Å². The highest BCUT2D eigenvalue weighted by Gasteiger charge is 2.24. The Morgan fingerprint density at radius 1 is 1.17 bits per heavy atom. The fraction of sp³-hybridized carbons (Fsp3) is 0.278. The molecular formula is C18H17FN2O3. The van der Waals surface area contributed by atoms with Gasteiger partial charge in [0, 0.05) is 30.8 Å². The molecule has 6 heteroatoms. The van der Waals surface area contributed by atoms with Crippen molar-refractivity contribution in [2.75, 3.05) is 26.3 Å². The van der Waals surface area contributed by atoms with Crippen LogP contribution < -0.4 is 0 Å². The molecular weight excluding hydrogens is 311 g/mol. The smallest absolute Gasteiger partial charge is 0.270 e. The summed E-state index contributed by atoms with van der Waals surface area (Å²) in [6.07, 6.45) is 1.57. The fourth-order valence-corrected chi connectivity index (χ4v) is 3.05. The van der Waals surface area contributed by atoms with Crippen LogP contribution in [0.1, 0.15) is 16.1 Å². The van der Waals surface area contributed by atoms with E-state index in [0.717, 1.165) is 5.52 Å². The minimum atomic E-state index is -0.285. The van der Waals surface area contributed by atoms with Crippen LogP contribution in [0.4, 0.5) is 4.39 Å². The molecule has 3 heterocycles. The van der Waals surface area contributed by atoms with E-state index in [1.807, 2.05) is 4.57 Å². The molecule has 0 unspecified atom stereocenters. The monoisotopic (exact) mass is 328 g/mol. The number of fused-ring (bicyclic) bond motifs is 1. The number of rotatable bonds is 3. The number of amides is 1. The van der Waals surface area contributed by atoms with Crippen molar-refractivity contribution in [3.05, 3.63) is 59.7 Å². The molecule has 0 atom stereocenters. The van der Waals surface area contributed by atoms with Gasteiger partial charge in [0.15, 0.2) is 5.58 Å². The molecule has 0 bridgehead atoms. The molecule has 0 saturated carbocycles. The number of aromatic nitrogens is 1. The first kappa shape index (κ1) is 15.0. The van der Waals surface area contributed by atoms with E-state index in [4.69, 9.17) is 9.15 Å². The van der Waals surface area contributed by atoms with Crippen LogP contribution in [0.5, 0.6) is 0 Å². The lowest BCUT2D eigenvalue weighted by atomic mass is 10.2. The summed E-state index contributed by atoms with van der Waals surface area (Å²) in [6.45, 7) is 2.48. The molecule has 24 heavy (non-hydrogen) atoms. The molecule has 1 fully saturated rings. The SMILES string of the molecule is O=C(c1cc2occc2n1Cc1ccccc1F)N1CCOCC1. The number of carbonyl (C=O) groups excluding carboxylic acids is 1. The highest BCUT2D eigenvalue weighted by Crippen LogP contribution is 2.24. The molecule has 1 aliphatic rings. The second-order valence-corrected chi connectivity index (χ2v) is 5.78. The third kappa shape index (κ3) is 2.59. The van der Waals surface area contributed by atoms with Gasteiger partial charge in [0.05, 0.1) is 31.5 Å². The Kier molecular flexibility index (Phi) is 3.82. The number of carbonyl (C=O) groups is 1. The van der Waals surface area contributed by atoms with Crippen molar-refractivity contribution < 1.29 is 18.3 Å². The number of morpholine rings is 1. The normalized spacial score (nSPS) is 15.1. The van der Waals surface area contributed by atoms with Crippen molar-refractivity contribution in [3.63, 3.8) is 0 Å². The summed E-state index contributed by atoms with van der Waals surface area (Å²) in [5.74, 6) is -0.367. The molecule has 1 aliphatic heterocycles. The van der Waals surface area contributed by atoms with Gasteiger partial charge in [-0.05, 0) is 6.07 Å². The van der Waals surface area contributed by atoms with Gasteiger partial charge >= 0.3 is 0 Å². The van der Waals surface area contributed by atoms with E-state index < -0.39 is 0 Å². The predicted octanol–water partition coefficient (Wildman–Crippen LogP) is 2.89. The molecule has 5 nitrogen and oxygen atoms in total. The van der Waals surface area contributed by atoms with Crippen molar-refractivity contribution in [2.24, 2.45) is 0 Å². The maximum absolute atomic E-state index is 14.0. The van der Waals surface area contributed by atoms with Crippen LogP contribution in [0, 0.1) is 5.82 Å². The Bertz CT molecular complexity index is 877. The van der Waals surface area contributed by atoms with E-state index in [2.05, 4.69) is 0 Å². The molecule has 3 aromatic rings. The lowest BCUT2D eigenvalue weighted by molar-refractivity contribution is 0.0296. The Morgan fingerprint density at radius 3 is 2.75 bits per heavy atom. The molecule has 1 saturated heterocycles. The third-order valence-corrected chi connectivity index (χ3v) is 4.33.